The molecule has 2 aliphatic rings. The lowest BCUT2D eigenvalue weighted by atomic mass is 10.0. The van der Waals surface area contributed by atoms with Crippen LogP contribution in [0, 0.1) is 0 Å². The van der Waals surface area contributed by atoms with Crippen molar-refractivity contribution in [3.63, 3.8) is 0 Å². The van der Waals surface area contributed by atoms with Crippen LogP contribution < -0.4 is 10.6 Å². The number of likely N-dealkylation sites (tertiary alicyclic amines) is 1. The number of thiophene rings is 1. The summed E-state index contributed by atoms with van der Waals surface area (Å²) in [5, 5.41) is 9.61. The summed E-state index contributed by atoms with van der Waals surface area (Å²) in [5.41, 5.74) is 0.667. The lowest BCUT2D eigenvalue weighted by Crippen LogP contribution is -2.57. The zero-order valence-electron chi connectivity index (χ0n) is 15.3. The van der Waals surface area contributed by atoms with Crippen LogP contribution in [0.25, 0.3) is 0 Å². The van der Waals surface area contributed by atoms with Gasteiger partial charge in [-0.2, -0.15) is 11.3 Å². The monoisotopic (exact) mass is 414 g/mol. The first-order valence-corrected chi connectivity index (χ1v) is 10.2. The summed E-state index contributed by atoms with van der Waals surface area (Å²) in [6.07, 6.45) is 2.95. The fourth-order valence-electron chi connectivity index (χ4n) is 3.54. The first-order chi connectivity index (χ1) is 12.6. The molecule has 150 valence electrons. The molecule has 1 atom stereocenters. The van der Waals surface area contributed by atoms with Crippen molar-refractivity contribution in [3.8, 4) is 0 Å². The third kappa shape index (κ3) is 5.92. The highest BCUT2D eigenvalue weighted by atomic mass is 35.5. The predicted molar refractivity (Wildman–Crippen MR) is 107 cm³/mol. The Morgan fingerprint density at radius 2 is 2.19 bits per heavy atom. The van der Waals surface area contributed by atoms with Crippen LogP contribution in [-0.4, -0.2) is 72.8 Å². The third-order valence-electron chi connectivity index (χ3n) is 4.95. The average molecular weight is 415 g/mol. The number of halogens is 1. The predicted octanol–water partition coefficient (Wildman–Crippen LogP) is 1.10. The van der Waals surface area contributed by atoms with Crippen LogP contribution >= 0.6 is 23.7 Å². The van der Waals surface area contributed by atoms with Crippen LogP contribution in [0.4, 0.5) is 0 Å². The fourth-order valence-corrected chi connectivity index (χ4v) is 4.17. The normalized spacial score (nSPS) is 20.1. The van der Waals surface area contributed by atoms with E-state index in [2.05, 4.69) is 10.6 Å². The van der Waals surface area contributed by atoms with Gasteiger partial charge in [-0.25, -0.2) is 0 Å². The van der Waals surface area contributed by atoms with E-state index in [0.29, 0.717) is 38.0 Å². The van der Waals surface area contributed by atoms with E-state index in [4.69, 9.17) is 0 Å². The maximum absolute atomic E-state index is 12.5. The number of piperidine rings is 1. The van der Waals surface area contributed by atoms with Crippen molar-refractivity contribution >= 4 is 41.5 Å². The summed E-state index contributed by atoms with van der Waals surface area (Å²) in [4.78, 5) is 40.2. The van der Waals surface area contributed by atoms with Crippen LogP contribution in [0.3, 0.4) is 0 Å². The third-order valence-corrected chi connectivity index (χ3v) is 5.64. The van der Waals surface area contributed by atoms with Crippen molar-refractivity contribution in [3.05, 3.63) is 22.4 Å². The van der Waals surface area contributed by atoms with Crippen molar-refractivity contribution < 1.29 is 14.4 Å². The van der Waals surface area contributed by atoms with Crippen molar-refractivity contribution in [1.82, 2.24) is 20.4 Å². The molecular weight excluding hydrogens is 388 g/mol. The van der Waals surface area contributed by atoms with E-state index in [1.165, 1.54) is 11.3 Å². The van der Waals surface area contributed by atoms with E-state index in [1.54, 1.807) is 6.07 Å². The molecule has 3 rings (SSSR count). The molecule has 0 radical (unpaired) electrons. The van der Waals surface area contributed by atoms with Gasteiger partial charge in [0.1, 0.15) is 0 Å². The molecule has 27 heavy (non-hydrogen) atoms. The van der Waals surface area contributed by atoms with Crippen molar-refractivity contribution in [2.75, 3.05) is 39.3 Å². The van der Waals surface area contributed by atoms with E-state index in [0.717, 1.165) is 32.5 Å². The summed E-state index contributed by atoms with van der Waals surface area (Å²) in [6, 6.07) is 1.93. The quantitative estimate of drug-likeness (QED) is 0.683. The van der Waals surface area contributed by atoms with Crippen LogP contribution in [0.2, 0.25) is 0 Å². The zero-order valence-corrected chi connectivity index (χ0v) is 16.9. The zero-order chi connectivity index (χ0) is 18.4. The summed E-state index contributed by atoms with van der Waals surface area (Å²) < 4.78 is 0. The number of hydrogen-bond acceptors (Lipinski definition) is 5. The smallest absolute Gasteiger partial charge is 0.252 e. The molecule has 7 nitrogen and oxygen atoms in total. The van der Waals surface area contributed by atoms with Crippen LogP contribution in [0.5, 0.6) is 0 Å². The summed E-state index contributed by atoms with van der Waals surface area (Å²) in [7, 11) is 0. The van der Waals surface area contributed by atoms with Gasteiger partial charge < -0.3 is 20.4 Å². The molecular formula is C18H27ClN4O3S. The second-order valence-corrected chi connectivity index (χ2v) is 7.55. The highest BCUT2D eigenvalue weighted by Crippen LogP contribution is 2.18. The molecule has 9 heteroatoms. The number of rotatable bonds is 6. The van der Waals surface area contributed by atoms with E-state index < -0.39 is 0 Å². The highest BCUT2D eigenvalue weighted by Gasteiger charge is 2.31. The van der Waals surface area contributed by atoms with Gasteiger partial charge in [-0.3, -0.25) is 14.4 Å². The SMILES string of the molecule is Cl.O=C(NCCCC(=O)N1CCCC(N2CCNCC2=O)C1)c1ccsc1. The second kappa shape index (κ2) is 10.6. The molecule has 2 aliphatic heterocycles. The average Bonchev–Trinajstić information content (AvgIpc) is 3.20. The molecule has 1 aromatic rings. The number of nitrogens with zero attached hydrogens (tertiary/aromatic N) is 2. The number of carbonyl (C=O) groups is 3. The van der Waals surface area contributed by atoms with Gasteiger partial charge in [0.15, 0.2) is 0 Å². The fraction of sp³-hybridized carbons (Fsp3) is 0.611. The Morgan fingerprint density at radius 1 is 1.33 bits per heavy atom. The van der Waals surface area contributed by atoms with Crippen LogP contribution in [0.1, 0.15) is 36.0 Å². The topological polar surface area (TPSA) is 81.8 Å². The summed E-state index contributed by atoms with van der Waals surface area (Å²) in [5.74, 6) is 0.155. The van der Waals surface area contributed by atoms with Crippen molar-refractivity contribution in [2.45, 2.75) is 31.7 Å². The molecule has 2 fully saturated rings. The molecule has 3 amide bonds. The Balaban J connectivity index is 0.00000261. The van der Waals surface area contributed by atoms with Gasteiger partial charge in [0, 0.05) is 56.1 Å². The van der Waals surface area contributed by atoms with E-state index >= 15 is 0 Å². The minimum Gasteiger partial charge on any atom is -0.352 e. The Morgan fingerprint density at radius 3 is 2.93 bits per heavy atom. The Hall–Kier alpha value is -1.64. The molecule has 0 bridgehead atoms. The molecule has 3 heterocycles. The Kier molecular flexibility index (Phi) is 8.53. The minimum atomic E-state index is -0.0889. The van der Waals surface area contributed by atoms with Gasteiger partial charge in [0.05, 0.1) is 6.54 Å². The van der Waals surface area contributed by atoms with Crippen molar-refractivity contribution in [2.24, 2.45) is 0 Å². The van der Waals surface area contributed by atoms with Gasteiger partial charge >= 0.3 is 0 Å². The number of hydrogen-bond donors (Lipinski definition) is 2. The number of nitrogens with one attached hydrogen (secondary N) is 2. The lowest BCUT2D eigenvalue weighted by Gasteiger charge is -2.41. The largest absolute Gasteiger partial charge is 0.352 e. The van der Waals surface area contributed by atoms with Gasteiger partial charge in [0.2, 0.25) is 11.8 Å². The van der Waals surface area contributed by atoms with Gasteiger partial charge in [-0.1, -0.05) is 0 Å². The molecule has 1 unspecified atom stereocenters. The standard InChI is InChI=1S/C18H26N4O3S.ClH/c23-16(4-1-6-20-18(25)14-5-10-26-13-14)21-8-2-3-15(12-21)22-9-7-19-11-17(22)24;/h5,10,13,15,19H,1-4,6-9,11-12H2,(H,20,25);1H. The molecule has 0 saturated carbocycles. The first-order valence-electron chi connectivity index (χ1n) is 9.23. The van der Waals surface area contributed by atoms with Gasteiger partial charge in [-0.15, -0.1) is 12.4 Å². The van der Waals surface area contributed by atoms with Gasteiger partial charge in [-0.05, 0) is 30.7 Å². The van der Waals surface area contributed by atoms with E-state index in [9.17, 15) is 14.4 Å². The molecule has 0 aliphatic carbocycles. The second-order valence-electron chi connectivity index (χ2n) is 6.77. The summed E-state index contributed by atoms with van der Waals surface area (Å²) >= 11 is 1.49. The van der Waals surface area contributed by atoms with E-state index in [1.807, 2.05) is 20.6 Å². The van der Waals surface area contributed by atoms with Crippen molar-refractivity contribution in [1.29, 1.82) is 0 Å². The Labute approximate surface area is 169 Å². The molecule has 1 aromatic heterocycles. The minimum absolute atomic E-state index is 0. The number of carbonyl (C=O) groups excluding carboxylic acids is 3. The lowest BCUT2D eigenvalue weighted by molar-refractivity contribution is -0.140. The Bertz CT molecular complexity index is 641. The number of amides is 3. The highest BCUT2D eigenvalue weighted by molar-refractivity contribution is 7.08. The molecule has 2 saturated heterocycles. The van der Waals surface area contributed by atoms with Gasteiger partial charge in [0.25, 0.3) is 5.91 Å². The molecule has 0 aromatic carbocycles. The molecule has 2 N–H and O–H groups in total. The first kappa shape index (κ1) is 21.7. The molecule has 0 spiro atoms. The van der Waals surface area contributed by atoms with Crippen LogP contribution in [-0.2, 0) is 9.59 Å². The maximum Gasteiger partial charge on any atom is 0.252 e. The maximum atomic E-state index is 12.5. The van der Waals surface area contributed by atoms with E-state index in [-0.39, 0.29) is 36.2 Å². The number of piperazine rings is 1. The van der Waals surface area contributed by atoms with Crippen LogP contribution in [0.15, 0.2) is 16.8 Å². The summed E-state index contributed by atoms with van der Waals surface area (Å²) in [6.45, 7) is 3.82.